The van der Waals surface area contributed by atoms with Gasteiger partial charge in [-0.15, -0.1) is 0 Å². The summed E-state index contributed by atoms with van der Waals surface area (Å²) < 4.78 is 0. The first-order chi connectivity index (χ1) is 8.22. The minimum absolute atomic E-state index is 0.597. The maximum Gasteiger partial charge on any atom is 0.105 e. The molecule has 2 rings (SSSR count). The molecule has 0 aliphatic heterocycles. The Bertz CT molecular complexity index is 491. The molecular formula is C15H15ClO. The Kier molecular flexibility index (Phi) is 3.82. The van der Waals surface area contributed by atoms with Crippen LogP contribution in [0, 0.1) is 0 Å². The summed E-state index contributed by atoms with van der Waals surface area (Å²) in [7, 11) is 0. The predicted octanol–water partition coefficient (Wildman–Crippen LogP) is 3.98. The zero-order valence-electron chi connectivity index (χ0n) is 9.73. The number of rotatable bonds is 3. The topological polar surface area (TPSA) is 20.2 Å². The zero-order chi connectivity index (χ0) is 12.3. The normalized spacial score (nSPS) is 12.4. The highest BCUT2D eigenvalue weighted by Crippen LogP contribution is 2.28. The van der Waals surface area contributed by atoms with Gasteiger partial charge in [-0.25, -0.2) is 0 Å². The molecule has 0 aromatic heterocycles. The molecule has 0 unspecified atom stereocenters. The minimum atomic E-state index is -0.658. The van der Waals surface area contributed by atoms with Crippen molar-refractivity contribution in [3.8, 4) is 0 Å². The highest BCUT2D eigenvalue weighted by atomic mass is 35.5. The summed E-state index contributed by atoms with van der Waals surface area (Å²) in [6.07, 6.45) is 0.345. The van der Waals surface area contributed by atoms with Crippen molar-refractivity contribution < 1.29 is 5.11 Å². The van der Waals surface area contributed by atoms with Crippen molar-refractivity contribution in [3.63, 3.8) is 0 Å². The highest BCUT2D eigenvalue weighted by Gasteiger charge is 2.12. The van der Waals surface area contributed by atoms with Crippen LogP contribution >= 0.6 is 11.6 Å². The lowest BCUT2D eigenvalue weighted by atomic mass is 10.00. The second kappa shape index (κ2) is 5.35. The van der Waals surface area contributed by atoms with Crippen LogP contribution in [0.25, 0.3) is 0 Å². The molecule has 0 aliphatic rings. The van der Waals surface area contributed by atoms with E-state index in [2.05, 4.69) is 6.92 Å². The third-order valence-electron chi connectivity index (χ3n) is 2.90. The van der Waals surface area contributed by atoms with E-state index in [0.717, 1.165) is 17.5 Å². The van der Waals surface area contributed by atoms with Gasteiger partial charge in [0.25, 0.3) is 0 Å². The number of hydrogen-bond donors (Lipinski definition) is 1. The minimum Gasteiger partial charge on any atom is -0.384 e. The summed E-state index contributed by atoms with van der Waals surface area (Å²) in [5, 5.41) is 10.8. The third kappa shape index (κ3) is 2.68. The second-order valence-electron chi connectivity index (χ2n) is 4.02. The van der Waals surface area contributed by atoms with Gasteiger partial charge in [-0.2, -0.15) is 0 Å². The monoisotopic (exact) mass is 246 g/mol. The maximum absolute atomic E-state index is 10.3. The van der Waals surface area contributed by atoms with Crippen LogP contribution in [-0.2, 0) is 6.42 Å². The third-order valence-corrected chi connectivity index (χ3v) is 3.25. The molecule has 0 heterocycles. The number of aliphatic hydroxyl groups is 1. The average molecular weight is 247 g/mol. The van der Waals surface area contributed by atoms with E-state index in [0.29, 0.717) is 5.02 Å². The number of aliphatic hydroxyl groups excluding tert-OH is 1. The van der Waals surface area contributed by atoms with Crippen LogP contribution in [0.3, 0.4) is 0 Å². The van der Waals surface area contributed by atoms with Crippen molar-refractivity contribution in [2.45, 2.75) is 19.4 Å². The van der Waals surface area contributed by atoms with E-state index < -0.39 is 6.10 Å². The van der Waals surface area contributed by atoms with Gasteiger partial charge < -0.3 is 5.11 Å². The molecule has 0 bridgehead atoms. The van der Waals surface area contributed by atoms with Crippen molar-refractivity contribution in [1.29, 1.82) is 0 Å². The molecule has 2 aromatic carbocycles. The van der Waals surface area contributed by atoms with Gasteiger partial charge in [-0.1, -0.05) is 61.0 Å². The van der Waals surface area contributed by atoms with Crippen LogP contribution in [0.1, 0.15) is 29.7 Å². The quantitative estimate of drug-likeness (QED) is 0.869. The van der Waals surface area contributed by atoms with Crippen LogP contribution < -0.4 is 0 Å². The van der Waals surface area contributed by atoms with Crippen LogP contribution in [0.2, 0.25) is 5.02 Å². The Morgan fingerprint density at radius 3 is 2.29 bits per heavy atom. The van der Waals surface area contributed by atoms with Gasteiger partial charge in [-0.3, -0.25) is 0 Å². The van der Waals surface area contributed by atoms with Gasteiger partial charge in [0.05, 0.1) is 0 Å². The summed E-state index contributed by atoms with van der Waals surface area (Å²) in [6, 6.07) is 15.4. The van der Waals surface area contributed by atoms with Crippen molar-refractivity contribution in [1.82, 2.24) is 0 Å². The summed E-state index contributed by atoms with van der Waals surface area (Å²) in [6.45, 7) is 2.11. The van der Waals surface area contributed by atoms with Crippen LogP contribution in [0.4, 0.5) is 0 Å². The smallest absolute Gasteiger partial charge is 0.105 e. The van der Waals surface area contributed by atoms with Gasteiger partial charge in [-0.05, 0) is 23.6 Å². The summed E-state index contributed by atoms with van der Waals surface area (Å²) in [4.78, 5) is 0. The summed E-state index contributed by atoms with van der Waals surface area (Å²) >= 11 is 6.07. The lowest BCUT2D eigenvalue weighted by Gasteiger charge is -2.13. The Morgan fingerprint density at radius 1 is 1.06 bits per heavy atom. The van der Waals surface area contributed by atoms with E-state index in [1.165, 1.54) is 5.56 Å². The first kappa shape index (κ1) is 12.2. The number of benzene rings is 2. The molecule has 2 aromatic rings. The molecule has 0 fully saturated rings. The summed E-state index contributed by atoms with van der Waals surface area (Å²) in [5.41, 5.74) is 2.88. The van der Waals surface area contributed by atoms with Gasteiger partial charge in [0.2, 0.25) is 0 Å². The van der Waals surface area contributed by atoms with Crippen LogP contribution in [0.5, 0.6) is 0 Å². The van der Waals surface area contributed by atoms with E-state index in [4.69, 9.17) is 11.6 Å². The second-order valence-corrected chi connectivity index (χ2v) is 4.43. The van der Waals surface area contributed by atoms with E-state index >= 15 is 0 Å². The van der Waals surface area contributed by atoms with Gasteiger partial charge in [0.1, 0.15) is 6.10 Å². The maximum atomic E-state index is 10.3. The Balaban J connectivity index is 2.30. The lowest BCUT2D eigenvalue weighted by molar-refractivity contribution is 0.220. The van der Waals surface area contributed by atoms with Crippen molar-refractivity contribution >= 4 is 11.6 Å². The Hall–Kier alpha value is -1.31. The van der Waals surface area contributed by atoms with Crippen LogP contribution in [-0.4, -0.2) is 5.11 Å². The fourth-order valence-electron chi connectivity index (χ4n) is 1.81. The Morgan fingerprint density at radius 2 is 1.71 bits per heavy atom. The van der Waals surface area contributed by atoms with E-state index in [1.54, 1.807) is 6.07 Å². The molecule has 88 valence electrons. The van der Waals surface area contributed by atoms with Gasteiger partial charge in [0.15, 0.2) is 0 Å². The summed E-state index contributed by atoms with van der Waals surface area (Å²) in [5.74, 6) is 0. The molecule has 1 nitrogen and oxygen atoms in total. The lowest BCUT2D eigenvalue weighted by Crippen LogP contribution is -2.00. The number of hydrogen-bond acceptors (Lipinski definition) is 1. The molecule has 0 spiro atoms. The first-order valence-electron chi connectivity index (χ1n) is 5.73. The Labute approximate surface area is 107 Å². The van der Waals surface area contributed by atoms with Gasteiger partial charge >= 0.3 is 0 Å². The van der Waals surface area contributed by atoms with Crippen molar-refractivity contribution in [2.75, 3.05) is 0 Å². The fourth-order valence-corrected chi connectivity index (χ4v) is 2.05. The van der Waals surface area contributed by atoms with Crippen LogP contribution in [0.15, 0.2) is 48.5 Å². The largest absolute Gasteiger partial charge is 0.384 e. The number of halogens is 1. The molecule has 0 saturated carbocycles. The standard InChI is InChI=1S/C15H15ClO/c1-2-11-7-9-12(10-8-11)15(17)13-5-3-4-6-14(13)16/h3-10,15,17H,2H2,1H3/t15-/m1/s1. The number of aryl methyl sites for hydroxylation is 1. The molecular weight excluding hydrogens is 232 g/mol. The predicted molar refractivity (Wildman–Crippen MR) is 71.3 cm³/mol. The molecule has 1 N–H and O–H groups in total. The molecule has 0 saturated heterocycles. The van der Waals surface area contributed by atoms with E-state index in [-0.39, 0.29) is 0 Å². The fraction of sp³-hybridized carbons (Fsp3) is 0.200. The molecule has 17 heavy (non-hydrogen) atoms. The first-order valence-corrected chi connectivity index (χ1v) is 6.11. The molecule has 1 atom stereocenters. The molecule has 2 heteroatoms. The van der Waals surface area contributed by atoms with Crippen molar-refractivity contribution in [2.24, 2.45) is 0 Å². The SMILES string of the molecule is CCc1ccc([C@@H](O)c2ccccc2Cl)cc1. The van der Waals surface area contributed by atoms with E-state index in [9.17, 15) is 5.11 Å². The van der Waals surface area contributed by atoms with E-state index in [1.807, 2.05) is 42.5 Å². The zero-order valence-corrected chi connectivity index (χ0v) is 10.5. The molecule has 0 amide bonds. The van der Waals surface area contributed by atoms with Crippen molar-refractivity contribution in [3.05, 3.63) is 70.2 Å². The molecule has 0 aliphatic carbocycles. The highest BCUT2D eigenvalue weighted by molar-refractivity contribution is 6.31. The average Bonchev–Trinajstić information content (AvgIpc) is 2.39. The molecule has 0 radical (unpaired) electrons. The van der Waals surface area contributed by atoms with Gasteiger partial charge in [0, 0.05) is 10.6 Å².